The first-order chi connectivity index (χ1) is 9.90. The van der Waals surface area contributed by atoms with Crippen molar-refractivity contribution in [2.45, 2.75) is 32.7 Å². The molecular weight excluding hydrogens is 270 g/mol. The Morgan fingerprint density at radius 3 is 2.62 bits per heavy atom. The number of rotatable bonds is 7. The lowest BCUT2D eigenvalue weighted by Gasteiger charge is -2.22. The van der Waals surface area contributed by atoms with Crippen molar-refractivity contribution in [3.05, 3.63) is 30.1 Å². The van der Waals surface area contributed by atoms with Gasteiger partial charge in [0.25, 0.3) is 0 Å². The van der Waals surface area contributed by atoms with Crippen LogP contribution in [0.15, 0.2) is 24.4 Å². The minimum Gasteiger partial charge on any atom is -0.480 e. The van der Waals surface area contributed by atoms with Gasteiger partial charge < -0.3 is 15.3 Å². The Hall–Kier alpha value is -2.11. The van der Waals surface area contributed by atoms with Gasteiger partial charge in [0.2, 0.25) is 0 Å². The second kappa shape index (κ2) is 8.24. The number of pyridine rings is 1. The first-order valence-electron chi connectivity index (χ1n) is 7.04. The Labute approximate surface area is 125 Å². The van der Waals surface area contributed by atoms with Crippen molar-refractivity contribution in [3.63, 3.8) is 0 Å². The Bertz CT molecular complexity index is 462. The number of nitrogens with zero attached hydrogens (tertiary/aromatic N) is 2. The molecule has 1 aromatic heterocycles. The molecule has 1 heterocycles. The molecule has 2 N–H and O–H groups in total. The molecule has 0 saturated carbocycles. The number of urea groups is 1. The van der Waals surface area contributed by atoms with Crippen LogP contribution >= 0.6 is 0 Å². The lowest BCUT2D eigenvalue weighted by Crippen LogP contribution is -2.47. The van der Waals surface area contributed by atoms with E-state index in [2.05, 4.69) is 10.3 Å². The zero-order chi connectivity index (χ0) is 15.8. The molecule has 0 bridgehead atoms. The van der Waals surface area contributed by atoms with Gasteiger partial charge >= 0.3 is 12.0 Å². The zero-order valence-corrected chi connectivity index (χ0v) is 12.7. The second-order valence-electron chi connectivity index (χ2n) is 5.46. The van der Waals surface area contributed by atoms with Crippen LogP contribution in [0, 0.1) is 5.92 Å². The van der Waals surface area contributed by atoms with Crippen molar-refractivity contribution in [1.82, 2.24) is 15.2 Å². The van der Waals surface area contributed by atoms with Gasteiger partial charge in [-0.15, -0.1) is 0 Å². The van der Waals surface area contributed by atoms with Crippen LogP contribution in [-0.2, 0) is 11.2 Å². The van der Waals surface area contributed by atoms with E-state index in [1.807, 2.05) is 32.0 Å². The predicted octanol–water partition coefficient (Wildman–Crippen LogP) is 1.76. The van der Waals surface area contributed by atoms with Gasteiger partial charge in [0, 0.05) is 31.9 Å². The van der Waals surface area contributed by atoms with E-state index in [4.69, 9.17) is 5.11 Å². The predicted molar refractivity (Wildman–Crippen MR) is 80.0 cm³/mol. The minimum atomic E-state index is -1.00. The maximum absolute atomic E-state index is 12.0. The summed E-state index contributed by atoms with van der Waals surface area (Å²) in [7, 11) is 1.65. The standard InChI is InChI=1S/C15H23N3O3/c1-11(2)10-13(14(19)20)17-15(21)18(3)9-7-12-6-4-5-8-16-12/h4-6,8,11,13H,7,9-10H2,1-3H3,(H,17,21)(H,19,20). The zero-order valence-electron chi connectivity index (χ0n) is 12.7. The summed E-state index contributed by atoms with van der Waals surface area (Å²) in [6, 6.07) is 4.40. The van der Waals surface area contributed by atoms with Crippen molar-refractivity contribution in [2.24, 2.45) is 5.92 Å². The van der Waals surface area contributed by atoms with Crippen molar-refractivity contribution < 1.29 is 14.7 Å². The molecule has 0 spiro atoms. The molecule has 0 aliphatic carbocycles. The minimum absolute atomic E-state index is 0.199. The third-order valence-electron chi connectivity index (χ3n) is 3.08. The Balaban J connectivity index is 2.47. The number of carboxylic acids is 1. The van der Waals surface area contributed by atoms with Gasteiger partial charge in [0.05, 0.1) is 0 Å². The van der Waals surface area contributed by atoms with E-state index in [0.29, 0.717) is 19.4 Å². The lowest BCUT2D eigenvalue weighted by atomic mass is 10.0. The quantitative estimate of drug-likeness (QED) is 0.802. The number of carboxylic acid groups (broad SMARTS) is 1. The molecule has 1 unspecified atom stereocenters. The van der Waals surface area contributed by atoms with Crippen molar-refractivity contribution in [2.75, 3.05) is 13.6 Å². The number of nitrogens with one attached hydrogen (secondary N) is 1. The Morgan fingerprint density at radius 1 is 1.38 bits per heavy atom. The van der Waals surface area contributed by atoms with Crippen LogP contribution in [0.2, 0.25) is 0 Å². The number of hydrogen-bond donors (Lipinski definition) is 2. The Kier molecular flexibility index (Phi) is 6.65. The summed E-state index contributed by atoms with van der Waals surface area (Å²) in [4.78, 5) is 28.8. The highest BCUT2D eigenvalue weighted by Crippen LogP contribution is 2.05. The van der Waals surface area contributed by atoms with E-state index >= 15 is 0 Å². The molecule has 1 atom stereocenters. The van der Waals surface area contributed by atoms with E-state index in [1.165, 1.54) is 4.90 Å². The third-order valence-corrected chi connectivity index (χ3v) is 3.08. The summed E-state index contributed by atoms with van der Waals surface area (Å²) in [5.74, 6) is -0.805. The molecule has 116 valence electrons. The third kappa shape index (κ3) is 6.25. The number of amides is 2. The number of aliphatic carboxylic acids is 1. The monoisotopic (exact) mass is 293 g/mol. The maximum atomic E-state index is 12.0. The average Bonchev–Trinajstić information content (AvgIpc) is 2.44. The molecule has 0 radical (unpaired) electrons. The van der Waals surface area contributed by atoms with Crippen molar-refractivity contribution in [1.29, 1.82) is 0 Å². The molecular formula is C15H23N3O3. The van der Waals surface area contributed by atoms with Crippen LogP contribution in [0.1, 0.15) is 26.0 Å². The second-order valence-corrected chi connectivity index (χ2v) is 5.46. The molecule has 6 heteroatoms. The summed E-state index contributed by atoms with van der Waals surface area (Å²) in [5, 5.41) is 11.7. The smallest absolute Gasteiger partial charge is 0.326 e. The molecule has 0 saturated heterocycles. The molecule has 0 aliphatic heterocycles. The normalized spacial score (nSPS) is 12.0. The van der Waals surface area contributed by atoms with Gasteiger partial charge in [-0.2, -0.15) is 0 Å². The molecule has 0 aliphatic rings. The molecule has 0 fully saturated rings. The van der Waals surface area contributed by atoms with Crippen LogP contribution in [-0.4, -0.2) is 46.6 Å². The van der Waals surface area contributed by atoms with E-state index in [-0.39, 0.29) is 11.9 Å². The molecule has 21 heavy (non-hydrogen) atoms. The highest BCUT2D eigenvalue weighted by molar-refractivity contribution is 5.82. The summed E-state index contributed by atoms with van der Waals surface area (Å²) >= 11 is 0. The molecule has 1 rings (SSSR count). The van der Waals surface area contributed by atoms with Gasteiger partial charge in [0.15, 0.2) is 0 Å². The van der Waals surface area contributed by atoms with Gasteiger partial charge in [-0.05, 0) is 24.5 Å². The topological polar surface area (TPSA) is 82.5 Å². The fourth-order valence-corrected chi connectivity index (χ4v) is 1.88. The van der Waals surface area contributed by atoms with E-state index in [1.54, 1.807) is 13.2 Å². The van der Waals surface area contributed by atoms with Crippen LogP contribution in [0.3, 0.4) is 0 Å². The highest BCUT2D eigenvalue weighted by atomic mass is 16.4. The molecule has 6 nitrogen and oxygen atoms in total. The first-order valence-corrected chi connectivity index (χ1v) is 7.04. The average molecular weight is 293 g/mol. The fraction of sp³-hybridized carbons (Fsp3) is 0.533. The molecule has 0 aromatic carbocycles. The molecule has 2 amide bonds. The number of aromatic nitrogens is 1. The first kappa shape index (κ1) is 16.9. The van der Waals surface area contributed by atoms with Crippen LogP contribution in [0.4, 0.5) is 4.79 Å². The summed E-state index contributed by atoms with van der Waals surface area (Å²) in [5.41, 5.74) is 0.897. The number of carbonyl (C=O) groups excluding carboxylic acids is 1. The molecule has 1 aromatic rings. The van der Waals surface area contributed by atoms with Crippen molar-refractivity contribution >= 4 is 12.0 Å². The van der Waals surface area contributed by atoms with Crippen LogP contribution in [0.25, 0.3) is 0 Å². The van der Waals surface area contributed by atoms with E-state index in [9.17, 15) is 9.59 Å². The van der Waals surface area contributed by atoms with Crippen LogP contribution in [0.5, 0.6) is 0 Å². The van der Waals surface area contributed by atoms with Crippen molar-refractivity contribution in [3.8, 4) is 0 Å². The Morgan fingerprint density at radius 2 is 2.10 bits per heavy atom. The number of hydrogen-bond acceptors (Lipinski definition) is 3. The summed E-state index contributed by atoms with van der Waals surface area (Å²) < 4.78 is 0. The summed E-state index contributed by atoms with van der Waals surface area (Å²) in [6.45, 7) is 4.33. The maximum Gasteiger partial charge on any atom is 0.326 e. The largest absolute Gasteiger partial charge is 0.480 e. The van der Waals surface area contributed by atoms with Gasteiger partial charge in [0.1, 0.15) is 6.04 Å². The van der Waals surface area contributed by atoms with Gasteiger partial charge in [-0.3, -0.25) is 4.98 Å². The summed E-state index contributed by atoms with van der Waals surface area (Å²) in [6.07, 6.45) is 2.75. The number of likely N-dealkylation sites (N-methyl/N-ethyl adjacent to an activating group) is 1. The lowest BCUT2D eigenvalue weighted by molar-refractivity contribution is -0.139. The fourth-order valence-electron chi connectivity index (χ4n) is 1.88. The highest BCUT2D eigenvalue weighted by Gasteiger charge is 2.22. The van der Waals surface area contributed by atoms with E-state index in [0.717, 1.165) is 5.69 Å². The SMILES string of the molecule is CC(C)CC(NC(=O)N(C)CCc1ccccn1)C(=O)O. The van der Waals surface area contributed by atoms with Gasteiger partial charge in [-0.1, -0.05) is 19.9 Å². The van der Waals surface area contributed by atoms with Crippen LogP contribution < -0.4 is 5.32 Å². The van der Waals surface area contributed by atoms with Gasteiger partial charge in [-0.25, -0.2) is 9.59 Å². The number of carbonyl (C=O) groups is 2. The van der Waals surface area contributed by atoms with E-state index < -0.39 is 12.0 Å².